The number of nitrogens with zero attached hydrogens (tertiary/aromatic N) is 2. The SMILES string of the molecule is N#CC(C#N)=CNc1c(Cl)cc(Br)cc1C(F)(F)F. The van der Waals surface area contributed by atoms with Crippen molar-refractivity contribution >= 4 is 33.2 Å². The molecule has 19 heavy (non-hydrogen) atoms. The van der Waals surface area contributed by atoms with Crippen molar-refractivity contribution in [2.75, 3.05) is 5.32 Å². The molecule has 0 amide bonds. The van der Waals surface area contributed by atoms with Gasteiger partial charge < -0.3 is 5.32 Å². The smallest absolute Gasteiger partial charge is 0.358 e. The van der Waals surface area contributed by atoms with E-state index >= 15 is 0 Å². The molecule has 0 saturated carbocycles. The Morgan fingerprint density at radius 1 is 1.32 bits per heavy atom. The fourth-order valence-corrected chi connectivity index (χ4v) is 2.04. The van der Waals surface area contributed by atoms with Gasteiger partial charge in [0.15, 0.2) is 0 Å². The van der Waals surface area contributed by atoms with Gasteiger partial charge in [-0.1, -0.05) is 27.5 Å². The number of nitrogens with one attached hydrogen (secondary N) is 1. The molecule has 0 radical (unpaired) electrons. The van der Waals surface area contributed by atoms with Crippen molar-refractivity contribution in [1.29, 1.82) is 10.5 Å². The van der Waals surface area contributed by atoms with E-state index in [1.165, 1.54) is 18.2 Å². The Hall–Kier alpha value is -1.70. The van der Waals surface area contributed by atoms with Gasteiger partial charge in [-0.25, -0.2) is 0 Å². The van der Waals surface area contributed by atoms with E-state index in [0.717, 1.165) is 12.3 Å². The monoisotopic (exact) mass is 349 g/mol. The van der Waals surface area contributed by atoms with Crippen LogP contribution >= 0.6 is 27.5 Å². The minimum absolute atomic E-state index is 0.167. The predicted molar refractivity (Wildman–Crippen MR) is 67.1 cm³/mol. The van der Waals surface area contributed by atoms with Crippen LogP contribution in [0.3, 0.4) is 0 Å². The zero-order valence-electron chi connectivity index (χ0n) is 9.02. The summed E-state index contributed by atoms with van der Waals surface area (Å²) in [5.74, 6) is 0. The Kier molecular flexibility index (Phi) is 4.82. The first-order valence-corrected chi connectivity index (χ1v) is 5.80. The first-order chi connectivity index (χ1) is 8.79. The Morgan fingerprint density at radius 2 is 1.89 bits per heavy atom. The predicted octanol–water partition coefficient (Wildman–Crippen LogP) is 4.46. The average Bonchev–Trinajstić information content (AvgIpc) is 2.30. The van der Waals surface area contributed by atoms with Crippen molar-refractivity contribution in [2.24, 2.45) is 0 Å². The van der Waals surface area contributed by atoms with E-state index in [-0.39, 0.29) is 15.1 Å². The summed E-state index contributed by atoms with van der Waals surface area (Å²) in [5, 5.41) is 19.1. The molecule has 3 nitrogen and oxygen atoms in total. The average molecular weight is 351 g/mol. The number of benzene rings is 1. The highest BCUT2D eigenvalue weighted by Crippen LogP contribution is 2.40. The molecule has 8 heteroatoms. The topological polar surface area (TPSA) is 59.6 Å². The first-order valence-electron chi connectivity index (χ1n) is 4.62. The number of nitriles is 2. The Balaban J connectivity index is 3.32. The number of allylic oxidation sites excluding steroid dienone is 1. The maximum Gasteiger partial charge on any atom is 0.418 e. The summed E-state index contributed by atoms with van der Waals surface area (Å²) in [6.45, 7) is 0. The first kappa shape index (κ1) is 15.4. The molecule has 0 atom stereocenters. The van der Waals surface area contributed by atoms with E-state index in [1.807, 2.05) is 0 Å². The van der Waals surface area contributed by atoms with Gasteiger partial charge in [0.25, 0.3) is 0 Å². The van der Waals surface area contributed by atoms with Crippen molar-refractivity contribution in [3.05, 3.63) is 39.0 Å². The molecule has 0 unspecified atom stereocenters. The van der Waals surface area contributed by atoms with Crippen molar-refractivity contribution in [3.8, 4) is 12.1 Å². The number of hydrogen-bond acceptors (Lipinski definition) is 3. The molecule has 0 aliphatic heterocycles. The summed E-state index contributed by atoms with van der Waals surface area (Å²) in [6, 6.07) is 5.15. The third-order valence-corrected chi connectivity index (χ3v) is 2.72. The van der Waals surface area contributed by atoms with Crippen molar-refractivity contribution in [3.63, 3.8) is 0 Å². The minimum atomic E-state index is -4.62. The van der Waals surface area contributed by atoms with Gasteiger partial charge in [-0.3, -0.25) is 0 Å². The van der Waals surface area contributed by atoms with Crippen LogP contribution in [-0.4, -0.2) is 0 Å². The molecule has 0 heterocycles. The van der Waals surface area contributed by atoms with E-state index in [1.54, 1.807) is 0 Å². The zero-order valence-corrected chi connectivity index (χ0v) is 11.4. The minimum Gasteiger partial charge on any atom is -0.358 e. The molecule has 0 saturated heterocycles. The molecule has 0 fully saturated rings. The second kappa shape index (κ2) is 5.96. The van der Waals surface area contributed by atoms with Gasteiger partial charge in [-0.2, -0.15) is 23.7 Å². The van der Waals surface area contributed by atoms with Gasteiger partial charge in [-0.05, 0) is 12.1 Å². The molecular formula is C11H4BrClF3N3. The van der Waals surface area contributed by atoms with Gasteiger partial charge in [0, 0.05) is 10.7 Å². The van der Waals surface area contributed by atoms with Gasteiger partial charge >= 0.3 is 6.18 Å². The number of halogens is 5. The maximum atomic E-state index is 12.8. The highest BCUT2D eigenvalue weighted by molar-refractivity contribution is 9.10. The number of anilines is 1. The highest BCUT2D eigenvalue weighted by Gasteiger charge is 2.34. The van der Waals surface area contributed by atoms with Gasteiger partial charge in [0.05, 0.1) is 16.3 Å². The second-order valence-electron chi connectivity index (χ2n) is 3.23. The molecular weight excluding hydrogens is 346 g/mol. The molecule has 1 rings (SSSR count). The molecule has 1 aromatic carbocycles. The lowest BCUT2D eigenvalue weighted by Gasteiger charge is -2.14. The number of alkyl halides is 3. The standard InChI is InChI=1S/C11H4BrClF3N3/c12-7-1-8(11(14,15)16)10(9(13)2-7)19-5-6(3-17)4-18/h1-2,5,19H. The quantitative estimate of drug-likeness (QED) is 0.801. The summed E-state index contributed by atoms with van der Waals surface area (Å²) < 4.78 is 38.6. The van der Waals surface area contributed by atoms with Crippen LogP contribution in [0.5, 0.6) is 0 Å². The van der Waals surface area contributed by atoms with Gasteiger partial charge in [0.2, 0.25) is 0 Å². The lowest BCUT2D eigenvalue weighted by atomic mass is 10.1. The lowest BCUT2D eigenvalue weighted by molar-refractivity contribution is -0.137. The van der Waals surface area contributed by atoms with Gasteiger partial charge in [-0.15, -0.1) is 0 Å². The van der Waals surface area contributed by atoms with Crippen molar-refractivity contribution < 1.29 is 13.2 Å². The molecule has 1 N–H and O–H groups in total. The molecule has 0 aromatic heterocycles. The molecule has 1 aromatic rings. The summed E-state index contributed by atoms with van der Waals surface area (Å²) in [7, 11) is 0. The summed E-state index contributed by atoms with van der Waals surface area (Å²) in [5.41, 5.74) is -1.79. The summed E-state index contributed by atoms with van der Waals surface area (Å²) in [4.78, 5) is 0. The van der Waals surface area contributed by atoms with E-state index in [2.05, 4.69) is 21.2 Å². The lowest BCUT2D eigenvalue weighted by Crippen LogP contribution is -2.09. The van der Waals surface area contributed by atoms with Crippen molar-refractivity contribution in [1.82, 2.24) is 0 Å². The van der Waals surface area contributed by atoms with E-state index < -0.39 is 17.4 Å². The Morgan fingerprint density at radius 3 is 2.37 bits per heavy atom. The third-order valence-electron chi connectivity index (χ3n) is 1.96. The second-order valence-corrected chi connectivity index (χ2v) is 4.56. The maximum absolute atomic E-state index is 12.8. The van der Waals surface area contributed by atoms with E-state index in [4.69, 9.17) is 22.1 Å². The van der Waals surface area contributed by atoms with E-state index in [9.17, 15) is 13.2 Å². The molecule has 98 valence electrons. The highest BCUT2D eigenvalue weighted by atomic mass is 79.9. The summed E-state index contributed by atoms with van der Waals surface area (Å²) in [6.07, 6.45) is -3.76. The normalized spacial score (nSPS) is 10.3. The number of hydrogen-bond donors (Lipinski definition) is 1. The van der Waals surface area contributed by atoms with Crippen LogP contribution in [0.15, 0.2) is 28.4 Å². The van der Waals surface area contributed by atoms with Crippen LogP contribution in [-0.2, 0) is 6.18 Å². The molecule has 0 aliphatic carbocycles. The molecule has 0 bridgehead atoms. The third kappa shape index (κ3) is 3.88. The van der Waals surface area contributed by atoms with Gasteiger partial charge in [0.1, 0.15) is 17.7 Å². The largest absolute Gasteiger partial charge is 0.418 e. The Labute approximate surface area is 120 Å². The van der Waals surface area contributed by atoms with E-state index in [0.29, 0.717) is 0 Å². The molecule has 0 aliphatic rings. The van der Waals surface area contributed by atoms with Crippen LogP contribution in [0.4, 0.5) is 18.9 Å². The number of rotatable bonds is 2. The van der Waals surface area contributed by atoms with Crippen LogP contribution in [0.1, 0.15) is 5.56 Å². The fraction of sp³-hybridized carbons (Fsp3) is 0.0909. The van der Waals surface area contributed by atoms with Crippen LogP contribution in [0.25, 0.3) is 0 Å². The Bertz CT molecular complexity index is 595. The van der Waals surface area contributed by atoms with Crippen LogP contribution in [0, 0.1) is 22.7 Å². The van der Waals surface area contributed by atoms with Crippen LogP contribution < -0.4 is 5.32 Å². The van der Waals surface area contributed by atoms with Crippen molar-refractivity contribution in [2.45, 2.75) is 6.18 Å². The fourth-order valence-electron chi connectivity index (χ4n) is 1.18. The molecule has 0 spiro atoms. The van der Waals surface area contributed by atoms with Crippen LogP contribution in [0.2, 0.25) is 5.02 Å². The summed E-state index contributed by atoms with van der Waals surface area (Å²) >= 11 is 8.64. The zero-order chi connectivity index (χ0) is 14.6.